The molecule has 4 nitrogen and oxygen atoms in total. The molecule has 0 bridgehead atoms. The van der Waals surface area contributed by atoms with E-state index in [0.717, 1.165) is 19.4 Å². The number of aliphatic hydroxyl groups is 1. The monoisotopic (exact) mass is 264 g/mol. The molecule has 0 saturated heterocycles. The average Bonchev–Trinajstić information content (AvgIpc) is 2.44. The number of benzene rings is 1. The smallest absolute Gasteiger partial charge is 0.224 e. The number of hydrazine groups is 1. The van der Waals surface area contributed by atoms with Gasteiger partial charge in [0.15, 0.2) is 0 Å². The lowest BCUT2D eigenvalue weighted by Gasteiger charge is -2.31. The number of amides is 1. The quantitative estimate of drug-likeness (QED) is 0.544. The second-order valence-corrected chi connectivity index (χ2v) is 4.63. The topological polar surface area (TPSA) is 43.8 Å². The molecular formula is C15H24N2O2. The summed E-state index contributed by atoms with van der Waals surface area (Å²) in [5.74, 6) is 0. The molecular weight excluding hydrogens is 240 g/mol. The highest BCUT2D eigenvalue weighted by Gasteiger charge is 2.11. The SMILES string of the molecule is CCN(CCCO)N(C=O)CCc1ccc(C)cc1. The largest absolute Gasteiger partial charge is 0.396 e. The van der Waals surface area contributed by atoms with Gasteiger partial charge in [0.25, 0.3) is 0 Å². The van der Waals surface area contributed by atoms with Gasteiger partial charge in [-0.15, -0.1) is 0 Å². The lowest BCUT2D eigenvalue weighted by Crippen LogP contribution is -2.43. The number of aliphatic hydroxyl groups excluding tert-OH is 1. The highest BCUT2D eigenvalue weighted by Crippen LogP contribution is 2.06. The molecule has 0 aliphatic heterocycles. The number of rotatable bonds is 9. The molecule has 106 valence electrons. The minimum Gasteiger partial charge on any atom is -0.396 e. The number of nitrogens with zero attached hydrogens (tertiary/aromatic N) is 2. The summed E-state index contributed by atoms with van der Waals surface area (Å²) in [4.78, 5) is 11.2. The molecule has 1 N–H and O–H groups in total. The molecule has 19 heavy (non-hydrogen) atoms. The van der Waals surface area contributed by atoms with Crippen molar-refractivity contribution >= 4 is 6.41 Å². The van der Waals surface area contributed by atoms with Crippen LogP contribution in [0.5, 0.6) is 0 Å². The molecule has 0 unspecified atom stereocenters. The molecule has 0 aliphatic carbocycles. The molecule has 0 atom stereocenters. The summed E-state index contributed by atoms with van der Waals surface area (Å²) in [5.41, 5.74) is 2.48. The van der Waals surface area contributed by atoms with Gasteiger partial charge in [0.05, 0.1) is 0 Å². The summed E-state index contributed by atoms with van der Waals surface area (Å²) >= 11 is 0. The van der Waals surface area contributed by atoms with Gasteiger partial charge in [-0.25, -0.2) is 5.01 Å². The lowest BCUT2D eigenvalue weighted by molar-refractivity contribution is -0.134. The van der Waals surface area contributed by atoms with E-state index in [1.54, 1.807) is 5.01 Å². The third kappa shape index (κ3) is 5.41. The van der Waals surface area contributed by atoms with Crippen LogP contribution < -0.4 is 0 Å². The van der Waals surface area contributed by atoms with Crippen molar-refractivity contribution in [2.45, 2.75) is 26.7 Å². The van der Waals surface area contributed by atoms with Gasteiger partial charge in [0.2, 0.25) is 6.41 Å². The molecule has 0 aliphatic rings. The molecule has 0 spiro atoms. The highest BCUT2D eigenvalue weighted by atomic mass is 16.3. The Bertz CT molecular complexity index is 365. The first-order chi connectivity index (χ1) is 9.21. The van der Waals surface area contributed by atoms with E-state index in [2.05, 4.69) is 31.2 Å². The van der Waals surface area contributed by atoms with Crippen LogP contribution in [0, 0.1) is 6.92 Å². The van der Waals surface area contributed by atoms with Crippen LogP contribution in [0.2, 0.25) is 0 Å². The molecule has 1 rings (SSSR count). The summed E-state index contributed by atoms with van der Waals surface area (Å²) in [6.07, 6.45) is 2.40. The second kappa shape index (κ2) is 8.67. The molecule has 4 heteroatoms. The van der Waals surface area contributed by atoms with Gasteiger partial charge >= 0.3 is 0 Å². The van der Waals surface area contributed by atoms with Crippen LogP contribution in [0.1, 0.15) is 24.5 Å². The van der Waals surface area contributed by atoms with Crippen molar-refractivity contribution in [3.05, 3.63) is 35.4 Å². The molecule has 0 fully saturated rings. The Morgan fingerprint density at radius 1 is 1.21 bits per heavy atom. The van der Waals surface area contributed by atoms with Gasteiger partial charge < -0.3 is 5.11 Å². The normalized spacial score (nSPS) is 10.7. The minimum absolute atomic E-state index is 0.154. The number of hydrogen-bond donors (Lipinski definition) is 1. The highest BCUT2D eigenvalue weighted by molar-refractivity contribution is 5.46. The number of carbonyl (C=O) groups is 1. The summed E-state index contributed by atoms with van der Waals surface area (Å²) in [6, 6.07) is 8.37. The maximum Gasteiger partial charge on any atom is 0.224 e. The maximum atomic E-state index is 11.2. The van der Waals surface area contributed by atoms with Crippen LogP contribution in [-0.2, 0) is 11.2 Å². The first-order valence-electron chi connectivity index (χ1n) is 6.84. The zero-order chi connectivity index (χ0) is 14.1. The first-order valence-corrected chi connectivity index (χ1v) is 6.84. The molecule has 0 aromatic heterocycles. The van der Waals surface area contributed by atoms with Crippen molar-refractivity contribution in [2.24, 2.45) is 0 Å². The van der Waals surface area contributed by atoms with Gasteiger partial charge in [0.1, 0.15) is 0 Å². The van der Waals surface area contributed by atoms with E-state index in [-0.39, 0.29) is 6.61 Å². The van der Waals surface area contributed by atoms with Crippen LogP contribution in [0.15, 0.2) is 24.3 Å². The summed E-state index contributed by atoms with van der Waals surface area (Å²) in [6.45, 7) is 6.38. The third-order valence-electron chi connectivity index (χ3n) is 3.17. The number of hydrogen-bond acceptors (Lipinski definition) is 3. The van der Waals surface area contributed by atoms with Crippen LogP contribution in [0.3, 0.4) is 0 Å². The van der Waals surface area contributed by atoms with E-state index in [9.17, 15) is 4.79 Å². The van der Waals surface area contributed by atoms with Gasteiger partial charge in [-0.2, -0.15) is 0 Å². The standard InChI is InChI=1S/C15H24N2O2/c1-3-16(10-4-12-18)17(13-19)11-9-15-7-5-14(2)6-8-15/h5-8,13,18H,3-4,9-12H2,1-2H3. The minimum atomic E-state index is 0.154. The Labute approximate surface area is 115 Å². The van der Waals surface area contributed by atoms with E-state index in [4.69, 9.17) is 5.11 Å². The van der Waals surface area contributed by atoms with Crippen molar-refractivity contribution < 1.29 is 9.90 Å². The Morgan fingerprint density at radius 2 is 1.89 bits per heavy atom. The predicted molar refractivity (Wildman–Crippen MR) is 76.6 cm³/mol. The average molecular weight is 264 g/mol. The fraction of sp³-hybridized carbons (Fsp3) is 0.533. The maximum absolute atomic E-state index is 11.2. The van der Waals surface area contributed by atoms with Crippen molar-refractivity contribution in [1.82, 2.24) is 10.0 Å². The first kappa shape index (κ1) is 15.7. The van der Waals surface area contributed by atoms with Crippen molar-refractivity contribution in [3.8, 4) is 0 Å². The fourth-order valence-corrected chi connectivity index (χ4v) is 1.98. The van der Waals surface area contributed by atoms with Crippen LogP contribution in [0.4, 0.5) is 0 Å². The number of carbonyl (C=O) groups excluding carboxylic acids is 1. The van der Waals surface area contributed by atoms with Crippen LogP contribution >= 0.6 is 0 Å². The summed E-state index contributed by atoms with van der Waals surface area (Å²) in [5, 5.41) is 12.5. The predicted octanol–water partition coefficient (Wildman–Crippen LogP) is 1.62. The summed E-state index contributed by atoms with van der Waals surface area (Å²) in [7, 11) is 0. The van der Waals surface area contributed by atoms with Crippen LogP contribution in [-0.4, -0.2) is 47.8 Å². The lowest BCUT2D eigenvalue weighted by atomic mass is 10.1. The van der Waals surface area contributed by atoms with Crippen molar-refractivity contribution in [2.75, 3.05) is 26.2 Å². The fourth-order valence-electron chi connectivity index (χ4n) is 1.98. The van der Waals surface area contributed by atoms with Crippen molar-refractivity contribution in [1.29, 1.82) is 0 Å². The molecule has 1 aromatic carbocycles. The van der Waals surface area contributed by atoms with E-state index < -0.39 is 0 Å². The molecule has 0 saturated carbocycles. The second-order valence-electron chi connectivity index (χ2n) is 4.63. The Hall–Kier alpha value is -1.39. The third-order valence-corrected chi connectivity index (χ3v) is 3.17. The zero-order valence-electron chi connectivity index (χ0n) is 11.9. The molecule has 1 aromatic rings. The van der Waals surface area contributed by atoms with E-state index >= 15 is 0 Å². The molecule has 1 amide bonds. The van der Waals surface area contributed by atoms with Gasteiger partial charge in [-0.3, -0.25) is 9.80 Å². The van der Waals surface area contributed by atoms with E-state index in [0.29, 0.717) is 19.5 Å². The van der Waals surface area contributed by atoms with Crippen LogP contribution in [0.25, 0.3) is 0 Å². The van der Waals surface area contributed by atoms with E-state index in [1.807, 2.05) is 11.9 Å². The molecule has 0 heterocycles. The Morgan fingerprint density at radius 3 is 2.42 bits per heavy atom. The van der Waals surface area contributed by atoms with Gasteiger partial charge in [0, 0.05) is 26.2 Å². The Balaban J connectivity index is 2.50. The van der Waals surface area contributed by atoms with Crippen molar-refractivity contribution in [3.63, 3.8) is 0 Å². The zero-order valence-corrected chi connectivity index (χ0v) is 11.9. The van der Waals surface area contributed by atoms with Gasteiger partial charge in [-0.05, 0) is 25.3 Å². The number of aryl methyl sites for hydroxylation is 1. The van der Waals surface area contributed by atoms with Gasteiger partial charge in [-0.1, -0.05) is 36.8 Å². The molecule has 0 radical (unpaired) electrons. The Kier molecular flexibility index (Phi) is 7.15. The summed E-state index contributed by atoms with van der Waals surface area (Å²) < 4.78 is 0. The van der Waals surface area contributed by atoms with E-state index in [1.165, 1.54) is 11.1 Å².